The molecule has 1 saturated heterocycles. The van der Waals surface area contributed by atoms with E-state index in [1.54, 1.807) is 12.0 Å². The van der Waals surface area contributed by atoms with Crippen LogP contribution in [0.1, 0.15) is 50.8 Å². The first-order chi connectivity index (χ1) is 19.3. The number of nitrogens with zero attached hydrogens (tertiary/aromatic N) is 2. The van der Waals surface area contributed by atoms with E-state index in [-0.39, 0.29) is 36.9 Å². The first-order valence-corrected chi connectivity index (χ1v) is 17.4. The van der Waals surface area contributed by atoms with Gasteiger partial charge in [-0.15, -0.1) is 0 Å². The van der Waals surface area contributed by atoms with Gasteiger partial charge < -0.3 is 24.3 Å². The average molecular weight is 579 g/mol. The van der Waals surface area contributed by atoms with Crippen molar-refractivity contribution in [2.24, 2.45) is 5.92 Å². The van der Waals surface area contributed by atoms with Crippen LogP contribution < -0.4 is 9.64 Å². The Labute approximate surface area is 243 Å². The molecule has 0 saturated carbocycles. The molecule has 2 amide bonds. The lowest BCUT2D eigenvalue weighted by molar-refractivity contribution is -0.150. The Hall–Kier alpha value is -2.98. The molecule has 4 atom stereocenters. The van der Waals surface area contributed by atoms with Gasteiger partial charge in [-0.1, -0.05) is 43.3 Å². The quantitative estimate of drug-likeness (QED) is 0.449. The van der Waals surface area contributed by atoms with E-state index in [2.05, 4.69) is 6.08 Å². The van der Waals surface area contributed by atoms with E-state index in [0.29, 0.717) is 12.3 Å². The molecular weight excluding hydrogens is 536 g/mol. The summed E-state index contributed by atoms with van der Waals surface area (Å²) in [6, 6.07) is 13.5. The first kappa shape index (κ1) is 29.5. The Morgan fingerprint density at radius 1 is 1.20 bits per heavy atom. The van der Waals surface area contributed by atoms with Crippen LogP contribution in [0.2, 0.25) is 18.6 Å². The molecule has 1 spiro atoms. The van der Waals surface area contributed by atoms with Crippen LogP contribution in [0, 0.1) is 5.92 Å². The van der Waals surface area contributed by atoms with Crippen LogP contribution in [0.15, 0.2) is 48.5 Å². The Balaban J connectivity index is 1.58. The molecule has 2 N–H and O–H groups in total. The van der Waals surface area contributed by atoms with Crippen LogP contribution in [-0.4, -0.2) is 66.8 Å². The Morgan fingerprint density at radius 3 is 2.49 bits per heavy atom. The highest BCUT2D eigenvalue weighted by atomic mass is 28.4. The van der Waals surface area contributed by atoms with Crippen LogP contribution in [0.3, 0.4) is 0 Å². The summed E-state index contributed by atoms with van der Waals surface area (Å²) in [4.78, 5) is 43.5. The molecule has 3 heterocycles. The summed E-state index contributed by atoms with van der Waals surface area (Å²) in [5.41, 5.74) is 2.15. The second-order valence-corrected chi connectivity index (χ2v) is 16.8. The number of carbonyl (C=O) groups excluding carboxylic acids is 2. The van der Waals surface area contributed by atoms with Crippen LogP contribution in [0.25, 0.3) is 5.57 Å². The fourth-order valence-corrected chi connectivity index (χ4v) is 10.0. The smallest absolute Gasteiger partial charge is 0.265 e. The Kier molecular flexibility index (Phi) is 7.47. The zero-order valence-corrected chi connectivity index (χ0v) is 26.1. The van der Waals surface area contributed by atoms with Crippen molar-refractivity contribution in [1.82, 2.24) is 4.90 Å². The number of methoxy groups -OCH3 is 1. The summed E-state index contributed by atoms with van der Waals surface area (Å²) in [5.74, 6) is -0.114. The van der Waals surface area contributed by atoms with E-state index in [4.69, 9.17) is 9.47 Å². The van der Waals surface area contributed by atoms with Gasteiger partial charge in [0.15, 0.2) is 13.9 Å². The molecule has 3 aliphatic rings. The van der Waals surface area contributed by atoms with Gasteiger partial charge in [0.05, 0.1) is 37.5 Å². The number of aliphatic hydroxyl groups excluding tert-OH is 1. The van der Waals surface area contributed by atoms with Gasteiger partial charge >= 0.3 is 0 Å². The second kappa shape index (κ2) is 10.4. The van der Waals surface area contributed by atoms with E-state index in [9.17, 15) is 19.5 Å². The monoisotopic (exact) mass is 578 g/mol. The van der Waals surface area contributed by atoms with Crippen molar-refractivity contribution in [3.8, 4) is 5.75 Å². The Bertz CT molecular complexity index is 1380. The summed E-state index contributed by atoms with van der Waals surface area (Å²) in [7, 11) is -1.34. The van der Waals surface area contributed by atoms with Gasteiger partial charge in [0.1, 0.15) is 5.75 Å². The van der Waals surface area contributed by atoms with Gasteiger partial charge in [-0.05, 0) is 57.1 Å². The van der Waals surface area contributed by atoms with Crippen molar-refractivity contribution in [1.29, 1.82) is 0 Å². The highest BCUT2D eigenvalue weighted by molar-refractivity contribution is 6.71. The maximum Gasteiger partial charge on any atom is 0.265 e. The molecule has 1 fully saturated rings. The number of fused-ring (bicyclic) bond motifs is 1. The van der Waals surface area contributed by atoms with Crippen molar-refractivity contribution in [2.75, 3.05) is 25.2 Å². The van der Waals surface area contributed by atoms with E-state index in [1.807, 2.05) is 88.2 Å². The summed E-state index contributed by atoms with van der Waals surface area (Å²) in [6.07, 6.45) is 1.42. The van der Waals surface area contributed by atoms with Gasteiger partial charge in [0, 0.05) is 35.7 Å². The number of hydrogen-bond acceptors (Lipinski definition) is 6. The highest BCUT2D eigenvalue weighted by Gasteiger charge is 2.68. The van der Waals surface area contributed by atoms with E-state index >= 15 is 0 Å². The number of hydrogen-bond donors (Lipinski definition) is 2. The zero-order chi connectivity index (χ0) is 29.9. The lowest BCUT2D eigenvalue weighted by Crippen LogP contribution is -2.53. The number of rotatable bonds is 8. The van der Waals surface area contributed by atoms with Crippen LogP contribution >= 0.6 is 0 Å². The average Bonchev–Trinajstić information content (AvgIpc) is 3.34. The second-order valence-electron chi connectivity index (χ2n) is 12.8. The fourth-order valence-electron chi connectivity index (χ4n) is 7.46. The summed E-state index contributed by atoms with van der Waals surface area (Å²) >= 11 is 0. The van der Waals surface area contributed by atoms with E-state index < -0.39 is 31.5 Å². The third-order valence-corrected chi connectivity index (χ3v) is 11.6. The molecule has 0 aromatic heterocycles. The molecule has 0 bridgehead atoms. The standard InChI is InChI=1S/C32H42N2O6Si/c1-20-18-31(3,4)34-28-24(20)15-23(39-5)16-25(28)32(30(34)37)21(2)29(41(6,7)38)26(40-32)17-27(36)33(13-14-35)19-22-11-9-8-10-12-22/h8-12,15-16,18,21,26,29,35,38H,13-14,17,19H2,1-7H3/t21-,26+,29-,32+/m0/s1. The number of anilines is 1. The predicted molar refractivity (Wildman–Crippen MR) is 161 cm³/mol. The molecule has 9 heteroatoms. The van der Waals surface area contributed by atoms with Crippen molar-refractivity contribution in [3.63, 3.8) is 0 Å². The van der Waals surface area contributed by atoms with Gasteiger partial charge in [0.25, 0.3) is 5.91 Å². The molecule has 0 radical (unpaired) electrons. The minimum Gasteiger partial charge on any atom is -0.497 e. The van der Waals surface area contributed by atoms with Crippen molar-refractivity contribution < 1.29 is 29.0 Å². The number of allylic oxidation sites excluding steroid dienone is 1. The minimum atomic E-state index is -2.95. The number of benzene rings is 2. The molecule has 2 aromatic rings. The summed E-state index contributed by atoms with van der Waals surface area (Å²) in [5, 5.41) is 9.74. The third-order valence-electron chi connectivity index (χ3n) is 9.08. The number of aliphatic hydroxyl groups is 1. The predicted octanol–water partition coefficient (Wildman–Crippen LogP) is 4.45. The maximum atomic E-state index is 14.7. The van der Waals surface area contributed by atoms with Crippen molar-refractivity contribution in [2.45, 2.75) is 76.5 Å². The number of carbonyl (C=O) groups is 2. The van der Waals surface area contributed by atoms with Gasteiger partial charge in [-0.2, -0.15) is 0 Å². The SMILES string of the molecule is COc1cc2c3c(c1)[C@@]1(O[C@H](CC(=O)N(CCO)Cc4ccccc4)[C@@H]([Si](C)(C)O)[C@@H]1C)C(=O)N3C(C)(C)C=C2C. The van der Waals surface area contributed by atoms with E-state index in [0.717, 1.165) is 28.0 Å². The van der Waals surface area contributed by atoms with Crippen LogP contribution in [-0.2, 0) is 26.5 Å². The fraction of sp³-hybridized carbons (Fsp3) is 0.500. The van der Waals surface area contributed by atoms with Gasteiger partial charge in [-0.3, -0.25) is 14.5 Å². The minimum absolute atomic E-state index is 0.000684. The van der Waals surface area contributed by atoms with Crippen LogP contribution in [0.5, 0.6) is 5.75 Å². The molecular formula is C32H42N2O6Si. The molecule has 2 aromatic carbocycles. The van der Waals surface area contributed by atoms with Gasteiger partial charge in [0.2, 0.25) is 5.91 Å². The van der Waals surface area contributed by atoms with Crippen molar-refractivity contribution in [3.05, 3.63) is 65.2 Å². The maximum absolute atomic E-state index is 14.7. The molecule has 5 rings (SSSR count). The molecule has 0 aliphatic carbocycles. The van der Waals surface area contributed by atoms with E-state index in [1.165, 1.54) is 0 Å². The Morgan fingerprint density at radius 2 is 1.88 bits per heavy atom. The number of ether oxygens (including phenoxy) is 2. The topological polar surface area (TPSA) is 99.5 Å². The normalized spacial score (nSPS) is 26.3. The van der Waals surface area contributed by atoms with Gasteiger partial charge in [-0.25, -0.2) is 0 Å². The zero-order valence-electron chi connectivity index (χ0n) is 25.1. The summed E-state index contributed by atoms with van der Waals surface area (Å²) in [6.45, 7) is 12.1. The molecule has 41 heavy (non-hydrogen) atoms. The summed E-state index contributed by atoms with van der Waals surface area (Å²) < 4.78 is 12.6. The lowest BCUT2D eigenvalue weighted by atomic mass is 9.81. The largest absolute Gasteiger partial charge is 0.497 e. The highest BCUT2D eigenvalue weighted by Crippen LogP contribution is 2.63. The molecule has 220 valence electrons. The molecule has 8 nitrogen and oxygen atoms in total. The first-order valence-electron chi connectivity index (χ1n) is 14.4. The van der Waals surface area contributed by atoms with Crippen molar-refractivity contribution >= 4 is 31.4 Å². The lowest BCUT2D eigenvalue weighted by Gasteiger charge is -2.39. The molecule has 3 aliphatic heterocycles. The third kappa shape index (κ3) is 4.72. The molecule has 0 unspecified atom stereocenters. The van der Waals surface area contributed by atoms with Crippen LogP contribution in [0.4, 0.5) is 5.69 Å². The number of amides is 2.